The summed E-state index contributed by atoms with van der Waals surface area (Å²) in [6.07, 6.45) is 3.87. The Hall–Kier alpha value is -1.36. The summed E-state index contributed by atoms with van der Waals surface area (Å²) in [6, 6.07) is 8.06. The van der Waals surface area contributed by atoms with Crippen LogP contribution in [-0.2, 0) is 13.6 Å². The molecule has 1 unspecified atom stereocenters. The Morgan fingerprint density at radius 1 is 1.47 bits per heavy atom. The summed E-state index contributed by atoms with van der Waals surface area (Å²) in [7, 11) is 3.97. The Balaban J connectivity index is 2.11. The number of hydrogen-bond acceptors (Lipinski definition) is 3. The lowest BCUT2D eigenvalue weighted by molar-refractivity contribution is 0.241. The quantitative estimate of drug-likeness (QED) is 0.912. The number of halogens is 1. The minimum Gasteiger partial charge on any atom is -0.329 e. The maximum Gasteiger partial charge on any atom is 0.0538 e. The summed E-state index contributed by atoms with van der Waals surface area (Å²) >= 11 is 6.01. The average Bonchev–Trinajstić information content (AvgIpc) is 2.76. The fourth-order valence-electron chi connectivity index (χ4n) is 2.22. The van der Waals surface area contributed by atoms with Gasteiger partial charge in [0, 0.05) is 36.9 Å². The van der Waals surface area contributed by atoms with E-state index in [-0.39, 0.29) is 6.04 Å². The Morgan fingerprint density at radius 2 is 2.26 bits per heavy atom. The summed E-state index contributed by atoms with van der Waals surface area (Å²) in [4.78, 5) is 2.21. The number of rotatable bonds is 5. The van der Waals surface area contributed by atoms with Crippen LogP contribution < -0.4 is 5.73 Å². The molecule has 2 N–H and O–H groups in total. The normalized spacial score (nSPS) is 12.9. The molecule has 0 radical (unpaired) electrons. The van der Waals surface area contributed by atoms with Crippen molar-refractivity contribution in [1.82, 2.24) is 14.7 Å². The highest BCUT2D eigenvalue weighted by molar-refractivity contribution is 6.30. The number of hydrogen-bond donors (Lipinski definition) is 1. The van der Waals surface area contributed by atoms with Crippen LogP contribution in [0.5, 0.6) is 0 Å². The first-order chi connectivity index (χ1) is 9.10. The van der Waals surface area contributed by atoms with E-state index in [1.165, 1.54) is 5.56 Å². The van der Waals surface area contributed by atoms with Crippen molar-refractivity contribution < 1.29 is 0 Å². The standard InChI is InChI=1S/C14H19ClN4/c1-18(9-11-4-3-5-13(15)6-11)14(7-16)12-8-17-19(2)10-12/h3-6,8,10,14H,7,9,16H2,1-2H3. The SMILES string of the molecule is CN(Cc1cccc(Cl)c1)C(CN)c1cnn(C)c1. The molecule has 0 aliphatic carbocycles. The van der Waals surface area contributed by atoms with E-state index in [1.807, 2.05) is 37.6 Å². The van der Waals surface area contributed by atoms with Crippen LogP contribution >= 0.6 is 11.6 Å². The summed E-state index contributed by atoms with van der Waals surface area (Å²) in [5.41, 5.74) is 8.21. The third kappa shape index (κ3) is 3.56. The number of aryl methyl sites for hydroxylation is 1. The zero-order valence-corrected chi connectivity index (χ0v) is 12.0. The van der Waals surface area contributed by atoms with Crippen LogP contribution in [0.2, 0.25) is 5.02 Å². The number of nitrogens with two attached hydrogens (primary N) is 1. The molecule has 0 saturated carbocycles. The number of benzene rings is 1. The minimum atomic E-state index is 0.160. The summed E-state index contributed by atoms with van der Waals surface area (Å²) in [5, 5.41) is 4.96. The Bertz CT molecular complexity index is 538. The molecule has 2 aromatic rings. The van der Waals surface area contributed by atoms with E-state index in [1.54, 1.807) is 4.68 Å². The molecule has 0 bridgehead atoms. The average molecular weight is 279 g/mol. The second kappa shape index (κ2) is 6.19. The van der Waals surface area contributed by atoms with Crippen molar-refractivity contribution in [2.75, 3.05) is 13.6 Å². The van der Waals surface area contributed by atoms with Gasteiger partial charge in [0.05, 0.1) is 12.2 Å². The van der Waals surface area contributed by atoms with Crippen molar-refractivity contribution in [3.63, 3.8) is 0 Å². The van der Waals surface area contributed by atoms with Crippen molar-refractivity contribution >= 4 is 11.6 Å². The summed E-state index contributed by atoms with van der Waals surface area (Å²) < 4.78 is 1.80. The second-order valence-electron chi connectivity index (χ2n) is 4.74. The van der Waals surface area contributed by atoms with Crippen LogP contribution in [0.25, 0.3) is 0 Å². The Morgan fingerprint density at radius 3 is 2.84 bits per heavy atom. The van der Waals surface area contributed by atoms with Gasteiger partial charge in [0.15, 0.2) is 0 Å². The van der Waals surface area contributed by atoms with Crippen LogP contribution in [0.3, 0.4) is 0 Å². The molecule has 102 valence electrons. The molecule has 0 fully saturated rings. The van der Waals surface area contributed by atoms with Crippen LogP contribution in [0.4, 0.5) is 0 Å². The Kier molecular flexibility index (Phi) is 4.58. The topological polar surface area (TPSA) is 47.1 Å². The van der Waals surface area contributed by atoms with Crippen molar-refractivity contribution in [2.45, 2.75) is 12.6 Å². The molecule has 2 rings (SSSR count). The molecule has 1 atom stereocenters. The molecule has 1 heterocycles. The molecule has 0 saturated heterocycles. The van der Waals surface area contributed by atoms with E-state index in [0.717, 1.165) is 17.1 Å². The van der Waals surface area contributed by atoms with Gasteiger partial charge >= 0.3 is 0 Å². The zero-order chi connectivity index (χ0) is 13.8. The third-order valence-electron chi connectivity index (χ3n) is 3.19. The van der Waals surface area contributed by atoms with Crippen LogP contribution in [-0.4, -0.2) is 28.3 Å². The largest absolute Gasteiger partial charge is 0.329 e. The highest BCUT2D eigenvalue weighted by atomic mass is 35.5. The molecule has 0 aliphatic heterocycles. The molecule has 1 aromatic carbocycles. The van der Waals surface area contributed by atoms with Gasteiger partial charge < -0.3 is 5.73 Å². The lowest BCUT2D eigenvalue weighted by Crippen LogP contribution is -2.29. The van der Waals surface area contributed by atoms with Gasteiger partial charge in [-0.1, -0.05) is 23.7 Å². The van der Waals surface area contributed by atoms with E-state index in [4.69, 9.17) is 17.3 Å². The summed E-state index contributed by atoms with van der Waals surface area (Å²) in [5.74, 6) is 0. The van der Waals surface area contributed by atoms with Crippen molar-refractivity contribution in [1.29, 1.82) is 0 Å². The van der Waals surface area contributed by atoms with Gasteiger partial charge in [-0.3, -0.25) is 9.58 Å². The van der Waals surface area contributed by atoms with Crippen molar-refractivity contribution in [3.05, 3.63) is 52.8 Å². The predicted octanol–water partition coefficient (Wildman–Crippen LogP) is 2.21. The van der Waals surface area contributed by atoms with Gasteiger partial charge in [0.1, 0.15) is 0 Å². The van der Waals surface area contributed by atoms with Crippen LogP contribution in [0.1, 0.15) is 17.2 Å². The van der Waals surface area contributed by atoms with Gasteiger partial charge in [-0.15, -0.1) is 0 Å². The van der Waals surface area contributed by atoms with Gasteiger partial charge in [0.25, 0.3) is 0 Å². The van der Waals surface area contributed by atoms with Crippen LogP contribution in [0.15, 0.2) is 36.7 Å². The molecule has 1 aromatic heterocycles. The monoisotopic (exact) mass is 278 g/mol. The minimum absolute atomic E-state index is 0.160. The predicted molar refractivity (Wildman–Crippen MR) is 77.9 cm³/mol. The molecule has 0 spiro atoms. The van der Waals surface area contributed by atoms with E-state index in [0.29, 0.717) is 6.54 Å². The van der Waals surface area contributed by atoms with Gasteiger partial charge in [-0.25, -0.2) is 0 Å². The summed E-state index contributed by atoms with van der Waals surface area (Å²) in [6.45, 7) is 1.36. The fourth-order valence-corrected chi connectivity index (χ4v) is 2.43. The maximum atomic E-state index is 6.01. The Labute approximate surface area is 118 Å². The zero-order valence-electron chi connectivity index (χ0n) is 11.3. The van der Waals surface area contributed by atoms with Gasteiger partial charge in [-0.2, -0.15) is 5.10 Å². The first-order valence-corrected chi connectivity index (χ1v) is 6.61. The lowest BCUT2D eigenvalue weighted by Gasteiger charge is -2.26. The van der Waals surface area contributed by atoms with E-state index in [2.05, 4.69) is 23.1 Å². The number of aromatic nitrogens is 2. The second-order valence-corrected chi connectivity index (χ2v) is 5.18. The first-order valence-electron chi connectivity index (χ1n) is 6.23. The van der Waals surface area contributed by atoms with Crippen molar-refractivity contribution in [2.24, 2.45) is 12.8 Å². The lowest BCUT2D eigenvalue weighted by atomic mass is 10.1. The molecule has 0 amide bonds. The van der Waals surface area contributed by atoms with Crippen molar-refractivity contribution in [3.8, 4) is 0 Å². The van der Waals surface area contributed by atoms with E-state index < -0.39 is 0 Å². The highest BCUT2D eigenvalue weighted by Crippen LogP contribution is 2.20. The smallest absolute Gasteiger partial charge is 0.0538 e. The molecular formula is C14H19ClN4. The van der Waals surface area contributed by atoms with E-state index in [9.17, 15) is 0 Å². The highest BCUT2D eigenvalue weighted by Gasteiger charge is 2.17. The number of nitrogens with zero attached hydrogens (tertiary/aromatic N) is 3. The molecule has 0 aliphatic rings. The molecule has 19 heavy (non-hydrogen) atoms. The fraction of sp³-hybridized carbons (Fsp3) is 0.357. The van der Waals surface area contributed by atoms with Crippen LogP contribution in [0, 0.1) is 0 Å². The molecule has 5 heteroatoms. The third-order valence-corrected chi connectivity index (χ3v) is 3.42. The van der Waals surface area contributed by atoms with Gasteiger partial charge in [0.2, 0.25) is 0 Å². The molecular weight excluding hydrogens is 260 g/mol. The first kappa shape index (κ1) is 14.1. The van der Waals surface area contributed by atoms with E-state index >= 15 is 0 Å². The number of likely N-dealkylation sites (N-methyl/N-ethyl adjacent to an activating group) is 1. The maximum absolute atomic E-state index is 6.01. The van der Waals surface area contributed by atoms with Gasteiger partial charge in [-0.05, 0) is 24.7 Å². The molecule has 4 nitrogen and oxygen atoms in total.